The maximum absolute atomic E-state index is 10.4. The molecule has 0 aromatic heterocycles. The first-order chi connectivity index (χ1) is 6.58. The molecule has 0 spiro atoms. The lowest BCUT2D eigenvalue weighted by molar-refractivity contribution is 0.422. The largest absolute Gasteiger partial charge is 0.295 e. The summed E-state index contributed by atoms with van der Waals surface area (Å²) < 4.78 is 29.3. The first-order valence-corrected chi connectivity index (χ1v) is 7.83. The molecule has 0 aromatic rings. The van der Waals surface area contributed by atoms with Crippen LogP contribution in [0.2, 0.25) is 0 Å². The summed E-state index contributed by atoms with van der Waals surface area (Å²) in [7, 11) is -3.31. The predicted molar refractivity (Wildman–Crippen MR) is 59.6 cm³/mol. The third kappa shape index (κ3) is 5.91. The van der Waals surface area contributed by atoms with E-state index in [1.165, 1.54) is 32.1 Å². The van der Waals surface area contributed by atoms with Crippen LogP contribution in [-0.4, -0.2) is 30.9 Å². The van der Waals surface area contributed by atoms with Gasteiger partial charge in [-0.3, -0.25) is 9.64 Å². The lowest BCUT2D eigenvalue weighted by Gasteiger charge is -2.22. The minimum Gasteiger partial charge on any atom is -0.295 e. The number of hydrogen-bond donors (Lipinski definition) is 2. The Morgan fingerprint density at radius 1 is 1.29 bits per heavy atom. The lowest BCUT2D eigenvalue weighted by Crippen LogP contribution is -2.25. The van der Waals surface area contributed by atoms with Gasteiger partial charge in [-0.2, -0.15) is 8.42 Å². The van der Waals surface area contributed by atoms with E-state index >= 15 is 0 Å². The van der Waals surface area contributed by atoms with Gasteiger partial charge in [-0.25, -0.2) is 0 Å². The van der Waals surface area contributed by atoms with Gasteiger partial charge in [0.1, 0.15) is 0 Å². The van der Waals surface area contributed by atoms with Gasteiger partial charge in [0.05, 0.1) is 5.75 Å². The van der Waals surface area contributed by atoms with E-state index in [0.717, 1.165) is 0 Å². The van der Waals surface area contributed by atoms with Crippen LogP contribution in [-0.2, 0) is 10.1 Å². The van der Waals surface area contributed by atoms with E-state index in [2.05, 4.69) is 5.09 Å². The minimum absolute atomic E-state index is 0.120. The molecule has 0 amide bonds. The van der Waals surface area contributed by atoms with Gasteiger partial charge in [0.15, 0.2) is 0 Å². The molecule has 0 bridgehead atoms. The molecule has 6 heteroatoms. The summed E-state index contributed by atoms with van der Waals surface area (Å²) in [4.78, 5) is 0. The molecule has 0 aromatic carbocycles. The molecule has 1 saturated carbocycles. The van der Waals surface area contributed by atoms with Crippen LogP contribution >= 0.6 is 8.73 Å². The van der Waals surface area contributed by atoms with Crippen molar-refractivity contribution in [2.45, 2.75) is 38.1 Å². The van der Waals surface area contributed by atoms with Crippen molar-refractivity contribution in [2.24, 2.45) is 0 Å². The van der Waals surface area contributed by atoms with E-state index in [4.69, 9.17) is 4.55 Å². The van der Waals surface area contributed by atoms with Crippen molar-refractivity contribution >= 4 is 18.8 Å². The summed E-state index contributed by atoms with van der Waals surface area (Å²) in [5.74, 6) is -0.120. The minimum atomic E-state index is -3.76. The van der Waals surface area contributed by atoms with Gasteiger partial charge >= 0.3 is 0 Å². The first kappa shape index (κ1) is 12.4. The van der Waals surface area contributed by atoms with Gasteiger partial charge in [0.2, 0.25) is 0 Å². The first-order valence-electron chi connectivity index (χ1n) is 5.01. The number of rotatable bonds is 5. The lowest BCUT2D eigenvalue weighted by atomic mass is 9.96. The smallest absolute Gasteiger partial charge is 0.265 e. The molecule has 1 fully saturated rings. The summed E-state index contributed by atoms with van der Waals surface area (Å²) in [6, 6.07) is 0.573. The van der Waals surface area contributed by atoms with Crippen LogP contribution < -0.4 is 5.09 Å². The zero-order valence-corrected chi connectivity index (χ0v) is 10.0. The highest BCUT2D eigenvalue weighted by Gasteiger charge is 2.12. The number of nitrogens with one attached hydrogen (secondary N) is 1. The van der Waals surface area contributed by atoms with E-state index in [1.54, 1.807) is 0 Å². The molecule has 0 radical (unpaired) electrons. The monoisotopic (exact) mass is 239 g/mol. The van der Waals surface area contributed by atoms with Crippen LogP contribution in [0.25, 0.3) is 0 Å². The Morgan fingerprint density at radius 2 is 1.93 bits per heavy atom. The molecule has 0 heterocycles. The SMILES string of the molecule is O=S(=O)(O)CCPNC1CCCCC1. The molecule has 14 heavy (non-hydrogen) atoms. The van der Waals surface area contributed by atoms with Crippen molar-refractivity contribution in [1.82, 2.24) is 5.09 Å². The van der Waals surface area contributed by atoms with Crippen LogP contribution in [0, 0.1) is 0 Å². The summed E-state index contributed by atoms with van der Waals surface area (Å²) >= 11 is 0. The summed E-state index contributed by atoms with van der Waals surface area (Å²) in [6.45, 7) is 0. The Morgan fingerprint density at radius 3 is 2.50 bits per heavy atom. The van der Waals surface area contributed by atoms with Crippen molar-refractivity contribution in [3.63, 3.8) is 0 Å². The van der Waals surface area contributed by atoms with Gasteiger partial charge < -0.3 is 0 Å². The van der Waals surface area contributed by atoms with Gasteiger partial charge in [-0.1, -0.05) is 28.0 Å². The average molecular weight is 239 g/mol. The van der Waals surface area contributed by atoms with Crippen LogP contribution in [0.3, 0.4) is 0 Å². The van der Waals surface area contributed by atoms with E-state index in [1.807, 2.05) is 0 Å². The molecule has 2 N–H and O–H groups in total. The standard InChI is InChI=1S/C8H18NO3PS/c10-14(11,12)7-6-13-9-8-4-2-1-3-5-8/h8-9,13H,1-7H2,(H,10,11,12). The molecule has 1 aliphatic carbocycles. The van der Waals surface area contributed by atoms with E-state index in [-0.39, 0.29) is 5.75 Å². The second-order valence-electron chi connectivity index (χ2n) is 3.69. The topological polar surface area (TPSA) is 66.4 Å². The van der Waals surface area contributed by atoms with Crippen LogP contribution in [0.1, 0.15) is 32.1 Å². The molecular formula is C8H18NO3PS. The van der Waals surface area contributed by atoms with E-state index in [9.17, 15) is 8.42 Å². The van der Waals surface area contributed by atoms with Crippen molar-refractivity contribution < 1.29 is 13.0 Å². The highest BCUT2D eigenvalue weighted by molar-refractivity contribution is 7.86. The zero-order chi connectivity index (χ0) is 10.4. The third-order valence-corrected chi connectivity index (χ3v) is 4.59. The molecular weight excluding hydrogens is 221 g/mol. The third-order valence-electron chi connectivity index (χ3n) is 2.40. The molecule has 1 rings (SSSR count). The Labute approximate surface area is 87.4 Å². The highest BCUT2D eigenvalue weighted by Crippen LogP contribution is 2.20. The molecule has 0 aliphatic heterocycles. The van der Waals surface area contributed by atoms with Gasteiger partial charge in [0.25, 0.3) is 10.1 Å². The fourth-order valence-electron chi connectivity index (χ4n) is 1.64. The van der Waals surface area contributed by atoms with E-state index < -0.39 is 10.1 Å². The second kappa shape index (κ2) is 6.01. The second-order valence-corrected chi connectivity index (χ2v) is 6.41. The fourth-order valence-corrected chi connectivity index (χ4v) is 3.81. The van der Waals surface area contributed by atoms with Gasteiger partial charge in [0, 0.05) is 6.04 Å². The van der Waals surface area contributed by atoms with Crippen molar-refractivity contribution in [3.05, 3.63) is 0 Å². The van der Waals surface area contributed by atoms with E-state index in [0.29, 0.717) is 20.9 Å². The van der Waals surface area contributed by atoms with Crippen LogP contribution in [0.15, 0.2) is 0 Å². The predicted octanol–water partition coefficient (Wildman–Crippen LogP) is 1.39. The molecule has 1 atom stereocenters. The molecule has 84 valence electrons. The molecule has 1 aliphatic rings. The fraction of sp³-hybridized carbons (Fsp3) is 1.00. The molecule has 4 nitrogen and oxygen atoms in total. The Balaban J connectivity index is 2.03. The molecule has 0 saturated heterocycles. The number of hydrogen-bond acceptors (Lipinski definition) is 3. The maximum Gasteiger partial charge on any atom is 0.265 e. The zero-order valence-electron chi connectivity index (χ0n) is 8.20. The summed E-state index contributed by atoms with van der Waals surface area (Å²) in [6.07, 6.45) is 6.82. The Kier molecular flexibility index (Phi) is 5.31. The van der Waals surface area contributed by atoms with Crippen molar-refractivity contribution in [3.8, 4) is 0 Å². The highest BCUT2D eigenvalue weighted by atomic mass is 32.2. The average Bonchev–Trinajstić information content (AvgIpc) is 2.13. The van der Waals surface area contributed by atoms with Crippen LogP contribution in [0.4, 0.5) is 0 Å². The Bertz CT molecular complexity index is 249. The van der Waals surface area contributed by atoms with Gasteiger partial charge in [-0.15, -0.1) is 0 Å². The summed E-state index contributed by atoms with van der Waals surface area (Å²) in [5, 5.41) is 3.35. The van der Waals surface area contributed by atoms with Crippen LogP contribution in [0.5, 0.6) is 0 Å². The maximum atomic E-state index is 10.4. The summed E-state index contributed by atoms with van der Waals surface area (Å²) in [5.41, 5.74) is 0. The van der Waals surface area contributed by atoms with Crippen molar-refractivity contribution in [2.75, 3.05) is 11.9 Å². The molecule has 1 unspecified atom stereocenters. The van der Waals surface area contributed by atoms with Crippen molar-refractivity contribution in [1.29, 1.82) is 0 Å². The Hall–Kier alpha value is 0.300. The van der Waals surface area contributed by atoms with Gasteiger partial charge in [-0.05, 0) is 19.0 Å². The normalized spacial score (nSPS) is 20.6. The quantitative estimate of drug-likeness (QED) is 0.432.